The van der Waals surface area contributed by atoms with Crippen molar-refractivity contribution in [3.05, 3.63) is 24.0 Å². The number of nitrogens with one attached hydrogen (secondary N) is 2. The van der Waals surface area contributed by atoms with Crippen molar-refractivity contribution in [3.63, 3.8) is 0 Å². The minimum Gasteiger partial charge on any atom is -0.364 e. The molecule has 1 fully saturated rings. The predicted octanol–water partition coefficient (Wildman–Crippen LogP) is 0.742. The molecule has 2 heterocycles. The highest BCUT2D eigenvalue weighted by molar-refractivity contribution is 5.02. The number of rotatable bonds is 6. The van der Waals surface area contributed by atoms with Crippen molar-refractivity contribution in [1.82, 2.24) is 20.1 Å². The third-order valence-electron chi connectivity index (χ3n) is 3.33. The van der Waals surface area contributed by atoms with E-state index in [-0.39, 0.29) is 0 Å². The van der Waals surface area contributed by atoms with Crippen molar-refractivity contribution in [1.29, 1.82) is 0 Å². The van der Waals surface area contributed by atoms with Crippen LogP contribution >= 0.6 is 0 Å². The minimum absolute atomic E-state index is 1.02. The van der Waals surface area contributed by atoms with Gasteiger partial charge in [0.05, 0.1) is 0 Å². The lowest BCUT2D eigenvalue weighted by Crippen LogP contribution is -2.44. The Hall–Kier alpha value is -0.840. The largest absolute Gasteiger partial charge is 0.364 e. The second-order valence-corrected chi connectivity index (χ2v) is 4.88. The molecule has 96 valence electrons. The first kappa shape index (κ1) is 12.6. The van der Waals surface area contributed by atoms with Crippen molar-refractivity contribution >= 4 is 0 Å². The van der Waals surface area contributed by atoms with E-state index in [1.807, 2.05) is 6.20 Å². The lowest BCUT2D eigenvalue weighted by atomic mass is 10.3. The molecule has 1 aromatic heterocycles. The number of hydrogen-bond acceptors (Lipinski definition) is 3. The van der Waals surface area contributed by atoms with Gasteiger partial charge in [0.15, 0.2) is 0 Å². The second kappa shape index (κ2) is 6.79. The Bertz CT molecular complexity index is 290. The molecule has 1 aromatic rings. The molecule has 2 rings (SSSR count). The van der Waals surface area contributed by atoms with Crippen LogP contribution in [0.25, 0.3) is 0 Å². The van der Waals surface area contributed by atoms with Crippen molar-refractivity contribution in [2.24, 2.45) is 0 Å². The first-order valence-electron chi connectivity index (χ1n) is 6.58. The maximum atomic E-state index is 3.39. The summed E-state index contributed by atoms with van der Waals surface area (Å²) in [7, 11) is 2.19. The highest BCUT2D eigenvalue weighted by Crippen LogP contribution is 2.01. The number of nitrogens with zero attached hydrogens (tertiary/aromatic N) is 2. The molecular weight excluding hydrogens is 212 g/mol. The average Bonchev–Trinajstić information content (AvgIpc) is 2.83. The summed E-state index contributed by atoms with van der Waals surface area (Å²) in [5.41, 5.74) is 1.30. The molecule has 0 bridgehead atoms. The van der Waals surface area contributed by atoms with Gasteiger partial charge >= 0.3 is 0 Å². The molecule has 17 heavy (non-hydrogen) atoms. The summed E-state index contributed by atoms with van der Waals surface area (Å²) in [6, 6.07) is 4.21. The van der Waals surface area contributed by atoms with E-state index in [9.17, 15) is 0 Å². The van der Waals surface area contributed by atoms with E-state index in [4.69, 9.17) is 0 Å². The highest BCUT2D eigenvalue weighted by atomic mass is 15.2. The predicted molar refractivity (Wildman–Crippen MR) is 71.1 cm³/mol. The fourth-order valence-electron chi connectivity index (χ4n) is 2.33. The van der Waals surface area contributed by atoms with E-state index in [2.05, 4.69) is 39.3 Å². The molecule has 0 aromatic carbocycles. The lowest BCUT2D eigenvalue weighted by Gasteiger charge is -2.27. The number of aromatic amines is 1. The van der Waals surface area contributed by atoms with Gasteiger partial charge in [0.1, 0.15) is 0 Å². The molecular formula is C13H24N4. The fraction of sp³-hybridized carbons (Fsp3) is 0.692. The molecule has 0 radical (unpaired) electrons. The van der Waals surface area contributed by atoms with Crippen LogP contribution in [0.5, 0.6) is 0 Å². The zero-order chi connectivity index (χ0) is 11.9. The Morgan fingerprint density at radius 3 is 2.88 bits per heavy atom. The highest BCUT2D eigenvalue weighted by Gasteiger charge is 2.09. The van der Waals surface area contributed by atoms with Crippen LogP contribution in [0.4, 0.5) is 0 Å². The Kier molecular flexibility index (Phi) is 5.04. The molecule has 0 amide bonds. The van der Waals surface area contributed by atoms with Gasteiger partial charge in [-0.1, -0.05) is 0 Å². The molecule has 0 saturated carbocycles. The zero-order valence-corrected chi connectivity index (χ0v) is 10.8. The maximum absolute atomic E-state index is 3.39. The normalized spacial score (nSPS) is 17.8. The third-order valence-corrected chi connectivity index (χ3v) is 3.33. The van der Waals surface area contributed by atoms with Crippen LogP contribution in [0.3, 0.4) is 0 Å². The first-order chi connectivity index (χ1) is 8.34. The quantitative estimate of drug-likeness (QED) is 0.764. The van der Waals surface area contributed by atoms with Crippen LogP contribution in [-0.4, -0.2) is 61.1 Å². The SMILES string of the molecule is CN(CCCN1CCNCC1)Cc1ccc[nH]1. The van der Waals surface area contributed by atoms with Crippen molar-refractivity contribution < 1.29 is 0 Å². The van der Waals surface area contributed by atoms with E-state index >= 15 is 0 Å². The van der Waals surface area contributed by atoms with E-state index in [1.165, 1.54) is 38.3 Å². The van der Waals surface area contributed by atoms with Gasteiger partial charge < -0.3 is 20.1 Å². The molecule has 2 N–H and O–H groups in total. The first-order valence-corrected chi connectivity index (χ1v) is 6.58. The summed E-state index contributed by atoms with van der Waals surface area (Å²) in [5.74, 6) is 0. The summed E-state index contributed by atoms with van der Waals surface area (Å²) in [6.07, 6.45) is 3.25. The van der Waals surface area contributed by atoms with Gasteiger partial charge in [-0.25, -0.2) is 0 Å². The average molecular weight is 236 g/mol. The Morgan fingerprint density at radius 1 is 1.35 bits per heavy atom. The molecule has 1 aliphatic rings. The van der Waals surface area contributed by atoms with Gasteiger partial charge in [0.25, 0.3) is 0 Å². The van der Waals surface area contributed by atoms with Crippen LogP contribution in [0.2, 0.25) is 0 Å². The van der Waals surface area contributed by atoms with Gasteiger partial charge in [0, 0.05) is 44.6 Å². The van der Waals surface area contributed by atoms with Crippen LogP contribution < -0.4 is 5.32 Å². The van der Waals surface area contributed by atoms with E-state index in [0.29, 0.717) is 0 Å². The summed E-state index contributed by atoms with van der Waals surface area (Å²) < 4.78 is 0. The number of hydrogen-bond donors (Lipinski definition) is 2. The zero-order valence-electron chi connectivity index (χ0n) is 10.8. The molecule has 0 spiro atoms. The van der Waals surface area contributed by atoms with Crippen molar-refractivity contribution in [2.45, 2.75) is 13.0 Å². The smallest absolute Gasteiger partial charge is 0.0382 e. The monoisotopic (exact) mass is 236 g/mol. The Labute approximate surface area is 104 Å². The van der Waals surface area contributed by atoms with E-state index < -0.39 is 0 Å². The number of H-pyrrole nitrogens is 1. The van der Waals surface area contributed by atoms with Crippen molar-refractivity contribution in [2.75, 3.05) is 46.3 Å². The minimum atomic E-state index is 1.02. The van der Waals surface area contributed by atoms with Crippen LogP contribution in [0.1, 0.15) is 12.1 Å². The maximum Gasteiger partial charge on any atom is 0.0382 e. The second-order valence-electron chi connectivity index (χ2n) is 4.88. The molecule has 1 saturated heterocycles. The molecule has 0 aliphatic carbocycles. The third kappa shape index (κ3) is 4.50. The van der Waals surface area contributed by atoms with Gasteiger partial charge in [-0.3, -0.25) is 0 Å². The molecule has 4 nitrogen and oxygen atoms in total. The number of aromatic nitrogens is 1. The van der Waals surface area contributed by atoms with E-state index in [0.717, 1.165) is 19.6 Å². The summed E-state index contributed by atoms with van der Waals surface area (Å²) >= 11 is 0. The summed E-state index contributed by atoms with van der Waals surface area (Å²) in [5, 5.41) is 3.39. The van der Waals surface area contributed by atoms with Crippen LogP contribution in [-0.2, 0) is 6.54 Å². The topological polar surface area (TPSA) is 34.3 Å². The molecule has 1 aliphatic heterocycles. The Morgan fingerprint density at radius 2 is 2.18 bits per heavy atom. The lowest BCUT2D eigenvalue weighted by molar-refractivity contribution is 0.220. The van der Waals surface area contributed by atoms with E-state index in [1.54, 1.807) is 0 Å². The van der Waals surface area contributed by atoms with Gasteiger partial charge in [-0.15, -0.1) is 0 Å². The van der Waals surface area contributed by atoms with Crippen LogP contribution in [0, 0.1) is 0 Å². The van der Waals surface area contributed by atoms with Gasteiger partial charge in [-0.2, -0.15) is 0 Å². The van der Waals surface area contributed by atoms with Crippen molar-refractivity contribution in [3.8, 4) is 0 Å². The Balaban J connectivity index is 1.58. The van der Waals surface area contributed by atoms with Gasteiger partial charge in [0.2, 0.25) is 0 Å². The standard InChI is InChI=1S/C13H24N4/c1-16(12-13-4-2-5-15-13)8-3-9-17-10-6-14-7-11-17/h2,4-5,14-15H,3,6-12H2,1H3. The molecule has 4 heteroatoms. The fourth-order valence-corrected chi connectivity index (χ4v) is 2.33. The summed E-state index contributed by atoms with van der Waals surface area (Å²) in [4.78, 5) is 8.19. The summed E-state index contributed by atoms with van der Waals surface area (Å²) in [6.45, 7) is 8.14. The number of piperazine rings is 1. The molecule has 0 atom stereocenters. The van der Waals surface area contributed by atoms with Crippen LogP contribution in [0.15, 0.2) is 18.3 Å². The van der Waals surface area contributed by atoms with Gasteiger partial charge in [-0.05, 0) is 38.7 Å². The molecule has 0 unspecified atom stereocenters.